The number of nitrogens with two attached hydrogens (primary N) is 1. The first-order valence-corrected chi connectivity index (χ1v) is 19.1. The van der Waals surface area contributed by atoms with Gasteiger partial charge in [0.1, 0.15) is 17.5 Å². The Kier molecular flexibility index (Phi) is 9.26. The lowest BCUT2D eigenvalue weighted by atomic mass is 9.78. The summed E-state index contributed by atoms with van der Waals surface area (Å²) in [6.45, 7) is 8.63. The van der Waals surface area contributed by atoms with Crippen molar-refractivity contribution in [3.8, 4) is 5.75 Å². The number of piperazine rings is 1. The highest BCUT2D eigenvalue weighted by Gasteiger charge is 2.41. The average molecular weight is 671 g/mol. The molecule has 1 aromatic heterocycles. The molecule has 1 saturated heterocycles. The number of likely N-dealkylation sites (N-methyl/N-ethyl adjacent to an activating group) is 1. The van der Waals surface area contributed by atoms with Gasteiger partial charge in [-0.1, -0.05) is 19.8 Å². The lowest BCUT2D eigenvalue weighted by Gasteiger charge is -2.43. The van der Waals surface area contributed by atoms with Crippen molar-refractivity contribution in [2.75, 3.05) is 61.5 Å². The highest BCUT2D eigenvalue weighted by atomic mass is 16.5. The number of nitrogens with one attached hydrogen (secondary N) is 1. The number of hydrogen-bond acceptors (Lipinski definition) is 10. The Balaban J connectivity index is 0.941. The maximum absolute atomic E-state index is 13.9. The number of Topliss-reactive ketones (excluding diaryl/α,β-unsaturated/α-hetero) is 1. The Labute approximate surface area is 290 Å². The van der Waals surface area contributed by atoms with Crippen LogP contribution in [0.1, 0.15) is 93.5 Å². The minimum absolute atomic E-state index is 0.0287. The number of carbonyl (C=O) groups is 2. The Morgan fingerprint density at radius 1 is 1.02 bits per heavy atom. The Bertz CT molecular complexity index is 1540. The minimum atomic E-state index is -0.503. The van der Waals surface area contributed by atoms with Gasteiger partial charge in [0, 0.05) is 69.4 Å². The number of hydrogen-bond donors (Lipinski definition) is 2. The van der Waals surface area contributed by atoms with Crippen LogP contribution >= 0.6 is 0 Å². The molecule has 3 saturated carbocycles. The van der Waals surface area contributed by atoms with Gasteiger partial charge in [-0.2, -0.15) is 4.98 Å². The van der Waals surface area contributed by atoms with Gasteiger partial charge in [-0.3, -0.25) is 14.5 Å². The molecule has 0 radical (unpaired) electrons. The topological polar surface area (TPSA) is 120 Å². The van der Waals surface area contributed by atoms with Crippen LogP contribution in [-0.4, -0.2) is 102 Å². The van der Waals surface area contributed by atoms with Crippen molar-refractivity contribution in [2.24, 2.45) is 17.6 Å². The number of benzene rings is 1. The number of anilines is 4. The number of amides is 1. The maximum atomic E-state index is 13.9. The SMILES string of the molecule is CCC1C(=O)N(C)c2cnc(Nc3ccc(C(=O)C(N)C4CCC(N5CCN(CC6CC6)CC5)CC4)c4c3OCC4)nc2N1C1CCCC1. The molecule has 2 aromatic rings. The molecule has 2 unspecified atom stereocenters. The molecule has 3 aliphatic heterocycles. The predicted molar refractivity (Wildman–Crippen MR) is 192 cm³/mol. The van der Waals surface area contributed by atoms with Crippen molar-refractivity contribution in [3.63, 3.8) is 0 Å². The Hall–Kier alpha value is -3.28. The van der Waals surface area contributed by atoms with Gasteiger partial charge in [-0.25, -0.2) is 4.98 Å². The highest BCUT2D eigenvalue weighted by Crippen LogP contribution is 2.42. The van der Waals surface area contributed by atoms with E-state index in [1.807, 2.05) is 19.2 Å². The second-order valence-corrected chi connectivity index (χ2v) is 15.5. The van der Waals surface area contributed by atoms with Crippen molar-refractivity contribution in [1.29, 1.82) is 0 Å². The van der Waals surface area contributed by atoms with E-state index in [0.29, 0.717) is 42.4 Å². The van der Waals surface area contributed by atoms with Gasteiger partial charge < -0.3 is 30.5 Å². The molecule has 0 spiro atoms. The van der Waals surface area contributed by atoms with E-state index in [-0.39, 0.29) is 23.7 Å². The molecule has 264 valence electrons. The van der Waals surface area contributed by atoms with Crippen LogP contribution in [0.15, 0.2) is 18.3 Å². The van der Waals surface area contributed by atoms with Gasteiger partial charge in [0.25, 0.3) is 0 Å². The number of ketones is 1. The smallest absolute Gasteiger partial charge is 0.249 e. The molecule has 2 atom stereocenters. The molecule has 49 heavy (non-hydrogen) atoms. The third kappa shape index (κ3) is 6.42. The second kappa shape index (κ2) is 13.8. The van der Waals surface area contributed by atoms with E-state index in [1.54, 1.807) is 11.1 Å². The largest absolute Gasteiger partial charge is 0.491 e. The van der Waals surface area contributed by atoms with Crippen molar-refractivity contribution in [3.05, 3.63) is 29.5 Å². The van der Waals surface area contributed by atoms with E-state index in [9.17, 15) is 9.59 Å². The first-order chi connectivity index (χ1) is 23.9. The summed E-state index contributed by atoms with van der Waals surface area (Å²) in [5.74, 6) is 3.24. The Morgan fingerprint density at radius 2 is 1.78 bits per heavy atom. The quantitative estimate of drug-likeness (QED) is 0.343. The molecule has 6 aliphatic rings. The zero-order chi connectivity index (χ0) is 33.6. The average Bonchev–Trinajstić information content (AvgIpc) is 3.53. The molecule has 4 fully saturated rings. The van der Waals surface area contributed by atoms with Crippen molar-refractivity contribution in [1.82, 2.24) is 19.8 Å². The molecule has 1 amide bonds. The van der Waals surface area contributed by atoms with Crippen molar-refractivity contribution < 1.29 is 14.3 Å². The summed E-state index contributed by atoms with van der Waals surface area (Å²) in [5, 5.41) is 3.41. The van der Waals surface area contributed by atoms with Crippen LogP contribution in [0, 0.1) is 11.8 Å². The fourth-order valence-electron chi connectivity index (χ4n) is 9.39. The summed E-state index contributed by atoms with van der Waals surface area (Å²) in [5.41, 5.74) is 9.86. The monoisotopic (exact) mass is 670 g/mol. The van der Waals surface area contributed by atoms with E-state index >= 15 is 0 Å². The van der Waals surface area contributed by atoms with Gasteiger partial charge in [-0.15, -0.1) is 0 Å². The normalized spacial score (nSPS) is 27.2. The summed E-state index contributed by atoms with van der Waals surface area (Å²) >= 11 is 0. The maximum Gasteiger partial charge on any atom is 0.249 e. The van der Waals surface area contributed by atoms with Crippen LogP contribution in [0.2, 0.25) is 0 Å². The highest BCUT2D eigenvalue weighted by molar-refractivity contribution is 6.05. The molecule has 4 heterocycles. The number of ether oxygens (including phenoxy) is 1. The molecule has 11 heteroatoms. The van der Waals surface area contributed by atoms with Gasteiger partial charge in [0.2, 0.25) is 11.9 Å². The number of rotatable bonds is 10. The molecule has 11 nitrogen and oxygen atoms in total. The summed E-state index contributed by atoms with van der Waals surface area (Å²) < 4.78 is 6.13. The standard InChI is InChI=1S/C38H54N8O3/c1-3-31-37(48)43(2)32-22-40-38(42-36(32)46(31)27-6-4-5-7-27)41-30-15-14-28(29-16-21-49-35(29)30)34(47)33(39)25-10-12-26(13-11-25)45-19-17-44(18-20-45)23-24-8-9-24/h14-15,22,24-27,31,33H,3-13,16-21,23,39H2,1-2H3,(H,40,41,42). The van der Waals surface area contributed by atoms with Crippen LogP contribution < -0.4 is 25.6 Å². The van der Waals surface area contributed by atoms with Crippen LogP contribution in [-0.2, 0) is 11.2 Å². The number of nitrogens with zero attached hydrogens (tertiary/aromatic N) is 6. The number of fused-ring (bicyclic) bond motifs is 2. The van der Waals surface area contributed by atoms with E-state index in [0.717, 1.165) is 73.6 Å². The molecule has 8 rings (SSSR count). The summed E-state index contributed by atoms with van der Waals surface area (Å²) in [6.07, 6.45) is 14.7. The molecule has 3 aliphatic carbocycles. The Morgan fingerprint density at radius 3 is 2.49 bits per heavy atom. The van der Waals surface area contributed by atoms with E-state index in [1.165, 1.54) is 58.4 Å². The third-order valence-electron chi connectivity index (χ3n) is 12.5. The van der Waals surface area contributed by atoms with Crippen LogP contribution in [0.3, 0.4) is 0 Å². The third-order valence-corrected chi connectivity index (χ3v) is 12.5. The molecule has 1 aromatic carbocycles. The molecule has 3 N–H and O–H groups in total. The van der Waals surface area contributed by atoms with Crippen molar-refractivity contribution >= 4 is 34.8 Å². The first-order valence-electron chi connectivity index (χ1n) is 19.1. The summed E-state index contributed by atoms with van der Waals surface area (Å²) in [7, 11) is 1.82. The number of carbonyl (C=O) groups excluding carboxylic acids is 2. The minimum Gasteiger partial charge on any atom is -0.491 e. The van der Waals surface area contributed by atoms with Gasteiger partial charge in [0.05, 0.1) is 24.5 Å². The molecular formula is C38H54N8O3. The molecule has 0 bridgehead atoms. The summed E-state index contributed by atoms with van der Waals surface area (Å²) in [4.78, 5) is 46.2. The van der Waals surface area contributed by atoms with Gasteiger partial charge in [0.15, 0.2) is 11.6 Å². The predicted octanol–water partition coefficient (Wildman–Crippen LogP) is 4.76. The van der Waals surface area contributed by atoms with E-state index in [4.69, 9.17) is 15.5 Å². The van der Waals surface area contributed by atoms with Gasteiger partial charge in [-0.05, 0) is 81.8 Å². The fraction of sp³-hybridized carbons (Fsp3) is 0.684. The fourth-order valence-corrected chi connectivity index (χ4v) is 9.39. The van der Waals surface area contributed by atoms with E-state index < -0.39 is 6.04 Å². The zero-order valence-corrected chi connectivity index (χ0v) is 29.4. The van der Waals surface area contributed by atoms with Crippen LogP contribution in [0.4, 0.5) is 23.1 Å². The van der Waals surface area contributed by atoms with Crippen molar-refractivity contribution in [2.45, 2.75) is 108 Å². The second-order valence-electron chi connectivity index (χ2n) is 15.5. The zero-order valence-electron chi connectivity index (χ0n) is 29.4. The molecular weight excluding hydrogens is 616 g/mol. The number of aromatic nitrogens is 2. The van der Waals surface area contributed by atoms with Gasteiger partial charge >= 0.3 is 0 Å². The summed E-state index contributed by atoms with van der Waals surface area (Å²) in [6, 6.07) is 4.01. The van der Waals surface area contributed by atoms with Crippen LogP contribution in [0.25, 0.3) is 0 Å². The van der Waals surface area contributed by atoms with E-state index in [2.05, 4.69) is 31.9 Å². The van der Waals surface area contributed by atoms with Crippen LogP contribution in [0.5, 0.6) is 5.75 Å². The lowest BCUT2D eigenvalue weighted by molar-refractivity contribution is -0.120. The first kappa shape index (κ1) is 32.9. The lowest BCUT2D eigenvalue weighted by Crippen LogP contribution is -2.55.